The molecule has 0 aromatic heterocycles. The van der Waals surface area contributed by atoms with Crippen molar-refractivity contribution in [1.29, 1.82) is 0 Å². The fourth-order valence-corrected chi connectivity index (χ4v) is 1.71. The summed E-state index contributed by atoms with van der Waals surface area (Å²) in [4.78, 5) is 10.6. The van der Waals surface area contributed by atoms with E-state index in [0.29, 0.717) is 5.25 Å². The van der Waals surface area contributed by atoms with Gasteiger partial charge < -0.3 is 10.8 Å². The van der Waals surface area contributed by atoms with Crippen LogP contribution in [0.15, 0.2) is 0 Å². The van der Waals surface area contributed by atoms with E-state index in [9.17, 15) is 4.79 Å². The quantitative estimate of drug-likeness (QED) is 0.646. The smallest absolute Gasteiger partial charge is 0.221 e. The Hall–Kier alpha value is -0.220. The van der Waals surface area contributed by atoms with Gasteiger partial charge in [0, 0.05) is 23.5 Å². The van der Waals surface area contributed by atoms with Crippen LogP contribution in [-0.2, 0) is 4.79 Å². The molecule has 3 N–H and O–H groups in total. The summed E-state index contributed by atoms with van der Waals surface area (Å²) in [5.74, 6) is 0.422. The van der Waals surface area contributed by atoms with Gasteiger partial charge in [-0.25, -0.2) is 0 Å². The van der Waals surface area contributed by atoms with Gasteiger partial charge in [-0.1, -0.05) is 13.8 Å². The highest BCUT2D eigenvalue weighted by Gasteiger charge is 2.10. The molecule has 0 heterocycles. The molecule has 0 aromatic carbocycles. The monoisotopic (exact) mass is 191 g/mol. The molecule has 72 valence electrons. The second kappa shape index (κ2) is 6.31. The lowest BCUT2D eigenvalue weighted by Crippen LogP contribution is -2.23. The summed E-state index contributed by atoms with van der Waals surface area (Å²) in [5.41, 5.74) is 5.09. The number of carbonyl (C=O) groups is 1. The summed E-state index contributed by atoms with van der Waals surface area (Å²) in [5, 5.41) is 9.01. The maximum absolute atomic E-state index is 10.6. The first-order valence-electron chi connectivity index (χ1n) is 4.09. The number of thioether (sulfide) groups is 1. The van der Waals surface area contributed by atoms with Crippen LogP contribution in [0, 0.1) is 5.92 Å². The molecule has 3 nitrogen and oxygen atoms in total. The Balaban J connectivity index is 3.46. The second-order valence-corrected chi connectivity index (χ2v) is 4.43. The third-order valence-electron chi connectivity index (χ3n) is 1.65. The van der Waals surface area contributed by atoms with Crippen LogP contribution in [0.4, 0.5) is 0 Å². The number of carbonyl (C=O) groups excluding carboxylic acids is 1. The molecule has 0 rings (SSSR count). The van der Waals surface area contributed by atoms with Crippen LogP contribution >= 0.6 is 11.8 Å². The molecule has 2 unspecified atom stereocenters. The Bertz CT molecular complexity index is 141. The predicted molar refractivity (Wildman–Crippen MR) is 52.0 cm³/mol. The lowest BCUT2D eigenvalue weighted by atomic mass is 10.2. The molecule has 0 radical (unpaired) electrons. The average molecular weight is 191 g/mol. The topological polar surface area (TPSA) is 63.3 Å². The Morgan fingerprint density at radius 2 is 2.17 bits per heavy atom. The SMILES string of the molecule is CC(CCO)SCC(C)C(N)=O. The highest BCUT2D eigenvalue weighted by Crippen LogP contribution is 2.16. The maximum atomic E-state index is 10.6. The van der Waals surface area contributed by atoms with Crippen molar-refractivity contribution in [3.8, 4) is 0 Å². The Labute approximate surface area is 77.7 Å². The molecule has 0 aliphatic rings. The maximum Gasteiger partial charge on any atom is 0.221 e. The third kappa shape index (κ3) is 5.43. The van der Waals surface area contributed by atoms with Gasteiger partial charge in [-0.3, -0.25) is 4.79 Å². The molecule has 0 spiro atoms. The van der Waals surface area contributed by atoms with E-state index < -0.39 is 0 Å². The van der Waals surface area contributed by atoms with E-state index >= 15 is 0 Å². The zero-order valence-corrected chi connectivity index (χ0v) is 8.43. The minimum atomic E-state index is -0.251. The summed E-state index contributed by atoms with van der Waals surface area (Å²) in [6, 6.07) is 0. The van der Waals surface area contributed by atoms with Gasteiger partial charge in [0.25, 0.3) is 0 Å². The number of amides is 1. The summed E-state index contributed by atoms with van der Waals surface area (Å²) in [6.07, 6.45) is 0.774. The summed E-state index contributed by atoms with van der Waals surface area (Å²) in [6.45, 7) is 4.06. The van der Waals surface area contributed by atoms with Crippen LogP contribution in [-0.4, -0.2) is 28.6 Å². The van der Waals surface area contributed by atoms with E-state index in [2.05, 4.69) is 0 Å². The molecule has 0 aliphatic heterocycles. The molecular weight excluding hydrogens is 174 g/mol. The normalized spacial score (nSPS) is 15.6. The fraction of sp³-hybridized carbons (Fsp3) is 0.875. The van der Waals surface area contributed by atoms with Crippen molar-refractivity contribution in [1.82, 2.24) is 0 Å². The van der Waals surface area contributed by atoms with Crippen LogP contribution in [0.2, 0.25) is 0 Å². The Morgan fingerprint density at radius 3 is 2.58 bits per heavy atom. The molecular formula is C8H17NO2S. The summed E-state index contributed by atoms with van der Waals surface area (Å²) < 4.78 is 0. The molecule has 0 bridgehead atoms. The zero-order valence-electron chi connectivity index (χ0n) is 7.62. The van der Waals surface area contributed by atoms with Crippen LogP contribution in [0.3, 0.4) is 0 Å². The molecule has 0 fully saturated rings. The molecule has 2 atom stereocenters. The number of rotatable bonds is 6. The van der Waals surface area contributed by atoms with Crippen LogP contribution in [0.25, 0.3) is 0 Å². The minimum Gasteiger partial charge on any atom is -0.396 e. The van der Waals surface area contributed by atoms with E-state index in [1.54, 1.807) is 11.8 Å². The number of primary amides is 1. The van der Waals surface area contributed by atoms with Gasteiger partial charge in [0.15, 0.2) is 0 Å². The molecule has 12 heavy (non-hydrogen) atoms. The van der Waals surface area contributed by atoms with Gasteiger partial charge in [0.1, 0.15) is 0 Å². The van der Waals surface area contributed by atoms with Crippen LogP contribution in [0.1, 0.15) is 20.3 Å². The first kappa shape index (κ1) is 11.8. The predicted octanol–water partition coefficient (Wildman–Crippen LogP) is 0.612. The fourth-order valence-electron chi connectivity index (χ4n) is 0.656. The van der Waals surface area contributed by atoms with Crippen LogP contribution in [0.5, 0.6) is 0 Å². The molecule has 0 aliphatic carbocycles. The van der Waals surface area contributed by atoms with Gasteiger partial charge in [-0.15, -0.1) is 0 Å². The van der Waals surface area contributed by atoms with Gasteiger partial charge in [-0.05, 0) is 6.42 Å². The van der Waals surface area contributed by atoms with Crippen LogP contribution < -0.4 is 5.73 Å². The van der Waals surface area contributed by atoms with Crippen molar-refractivity contribution in [2.24, 2.45) is 11.7 Å². The van der Waals surface area contributed by atoms with E-state index in [1.807, 2.05) is 13.8 Å². The van der Waals surface area contributed by atoms with Crippen molar-refractivity contribution in [2.45, 2.75) is 25.5 Å². The number of hydrogen-bond acceptors (Lipinski definition) is 3. The van der Waals surface area contributed by atoms with Gasteiger partial charge >= 0.3 is 0 Å². The second-order valence-electron chi connectivity index (χ2n) is 2.96. The molecule has 0 aromatic rings. The molecule has 0 saturated heterocycles. The Kier molecular flexibility index (Phi) is 6.20. The van der Waals surface area contributed by atoms with Gasteiger partial charge in [-0.2, -0.15) is 11.8 Å². The third-order valence-corrected chi connectivity index (χ3v) is 3.15. The number of aliphatic hydroxyl groups excluding tert-OH is 1. The first-order valence-corrected chi connectivity index (χ1v) is 5.14. The summed E-state index contributed by atoms with van der Waals surface area (Å²) in [7, 11) is 0. The minimum absolute atomic E-state index is 0.0730. The zero-order chi connectivity index (χ0) is 9.56. The van der Waals surface area contributed by atoms with Crippen molar-refractivity contribution in [3.63, 3.8) is 0 Å². The molecule has 1 amide bonds. The van der Waals surface area contributed by atoms with E-state index in [4.69, 9.17) is 10.8 Å². The average Bonchev–Trinajstić information content (AvgIpc) is 2.00. The largest absolute Gasteiger partial charge is 0.396 e. The van der Waals surface area contributed by atoms with Crippen molar-refractivity contribution in [2.75, 3.05) is 12.4 Å². The summed E-state index contributed by atoms with van der Waals surface area (Å²) >= 11 is 1.68. The van der Waals surface area contributed by atoms with Crippen molar-refractivity contribution < 1.29 is 9.90 Å². The van der Waals surface area contributed by atoms with E-state index in [1.165, 1.54) is 0 Å². The highest BCUT2D eigenvalue weighted by atomic mass is 32.2. The highest BCUT2D eigenvalue weighted by molar-refractivity contribution is 7.99. The Morgan fingerprint density at radius 1 is 1.58 bits per heavy atom. The van der Waals surface area contributed by atoms with E-state index in [-0.39, 0.29) is 18.4 Å². The number of aliphatic hydroxyl groups is 1. The first-order chi connectivity index (χ1) is 5.57. The van der Waals surface area contributed by atoms with Gasteiger partial charge in [0.05, 0.1) is 0 Å². The number of nitrogens with two attached hydrogens (primary N) is 1. The number of hydrogen-bond donors (Lipinski definition) is 2. The van der Waals surface area contributed by atoms with Crippen molar-refractivity contribution >= 4 is 17.7 Å². The molecule has 0 saturated carbocycles. The van der Waals surface area contributed by atoms with E-state index in [0.717, 1.165) is 12.2 Å². The van der Waals surface area contributed by atoms with Crippen molar-refractivity contribution in [3.05, 3.63) is 0 Å². The molecule has 4 heteroatoms. The standard InChI is InChI=1S/C8H17NO2S/c1-6(8(9)11)5-12-7(2)3-4-10/h6-7,10H,3-5H2,1-2H3,(H2,9,11). The lowest BCUT2D eigenvalue weighted by Gasteiger charge is -2.11. The lowest BCUT2D eigenvalue weighted by molar-refractivity contribution is -0.120. The van der Waals surface area contributed by atoms with Gasteiger partial charge in [0.2, 0.25) is 5.91 Å².